The van der Waals surface area contributed by atoms with Gasteiger partial charge in [0.05, 0.1) is 0 Å². The number of hydrogen-bond donors (Lipinski definition) is 0. The molecule has 0 radical (unpaired) electrons. The Kier molecular flexibility index (Phi) is 8.50. The van der Waals surface area contributed by atoms with Crippen molar-refractivity contribution >= 4 is 38.6 Å². The highest BCUT2D eigenvalue weighted by atomic mass is 15.1. The molecule has 0 heterocycles. The molecule has 3 aliphatic carbocycles. The summed E-state index contributed by atoms with van der Waals surface area (Å²) in [7, 11) is 0. The van der Waals surface area contributed by atoms with E-state index in [9.17, 15) is 0 Å². The number of benzene rings is 10. The minimum absolute atomic E-state index is 0.0805. The predicted octanol–water partition coefficient (Wildman–Crippen LogP) is 17.6. The van der Waals surface area contributed by atoms with Gasteiger partial charge in [0.1, 0.15) is 0 Å². The van der Waals surface area contributed by atoms with Crippen LogP contribution in [0.15, 0.2) is 212 Å². The van der Waals surface area contributed by atoms with Crippen LogP contribution in [0.25, 0.3) is 77.2 Å². The Labute approximate surface area is 382 Å². The lowest BCUT2D eigenvalue weighted by atomic mass is 9.76. The average Bonchev–Trinajstić information content (AvgIpc) is 4.04. The highest BCUT2D eigenvalue weighted by Crippen LogP contribution is 2.58. The molecule has 310 valence electrons. The molecule has 0 saturated heterocycles. The lowest BCUT2D eigenvalue weighted by Gasteiger charge is -2.30. The molecular formula is C64H49N. The van der Waals surface area contributed by atoms with E-state index in [0.717, 1.165) is 11.4 Å². The van der Waals surface area contributed by atoms with Gasteiger partial charge < -0.3 is 4.90 Å². The van der Waals surface area contributed by atoms with E-state index >= 15 is 0 Å². The highest BCUT2D eigenvalue weighted by molar-refractivity contribution is 6.12. The van der Waals surface area contributed by atoms with Crippen molar-refractivity contribution < 1.29 is 0 Å². The summed E-state index contributed by atoms with van der Waals surface area (Å²) in [6, 6.07) is 79.9. The molecule has 0 amide bonds. The molecule has 10 aromatic carbocycles. The van der Waals surface area contributed by atoms with E-state index in [1.807, 2.05) is 0 Å². The van der Waals surface area contributed by atoms with Crippen molar-refractivity contribution in [2.45, 2.75) is 50.4 Å². The first-order chi connectivity index (χ1) is 32.0. The maximum absolute atomic E-state index is 2.53. The zero-order valence-electron chi connectivity index (χ0n) is 37.0. The van der Waals surface area contributed by atoms with Crippen LogP contribution in [0.5, 0.6) is 0 Å². The van der Waals surface area contributed by atoms with Gasteiger partial charge in [-0.3, -0.25) is 0 Å². The smallest absolute Gasteiger partial charge is 0.0465 e. The molecule has 1 spiro atoms. The summed E-state index contributed by atoms with van der Waals surface area (Å²) >= 11 is 0. The van der Waals surface area contributed by atoms with Gasteiger partial charge in [-0.15, -0.1) is 0 Å². The second-order valence-corrected chi connectivity index (χ2v) is 19.1. The van der Waals surface area contributed by atoms with E-state index in [1.165, 1.54) is 131 Å². The van der Waals surface area contributed by atoms with Gasteiger partial charge in [0.25, 0.3) is 0 Å². The van der Waals surface area contributed by atoms with Gasteiger partial charge in [-0.05, 0) is 149 Å². The van der Waals surface area contributed by atoms with E-state index in [1.54, 1.807) is 0 Å². The van der Waals surface area contributed by atoms with Crippen LogP contribution in [0.1, 0.15) is 61.8 Å². The standard InChI is InChI=1S/C64H49N/c1-63(2)59-25-9-7-20-55(59)58-24-14-23-57(62(58)63)52-18-6-5-17-49(52)43-27-32-45(33-28-43)65(47-36-38-56-54-19-8-10-26-60(54)64(61(56)41-47)39-11-12-40-64)46-34-29-44(30-35-46)50-21-13-22-51-48-16-4-3-15-42(48)31-37-53(50)51/h3-10,13-38,41H,11-12,39-40H2,1-2H3. The van der Waals surface area contributed by atoms with Crippen molar-refractivity contribution in [2.24, 2.45) is 0 Å². The Balaban J connectivity index is 0.930. The molecule has 0 bridgehead atoms. The Bertz CT molecular complexity index is 3510. The fraction of sp³-hybridized carbons (Fsp3) is 0.125. The molecule has 0 aromatic heterocycles. The van der Waals surface area contributed by atoms with Crippen LogP contribution in [-0.2, 0) is 10.8 Å². The molecular weight excluding hydrogens is 783 g/mol. The quantitative estimate of drug-likeness (QED) is 0.151. The summed E-state index contributed by atoms with van der Waals surface area (Å²) in [5.41, 5.74) is 22.3. The van der Waals surface area contributed by atoms with Crippen molar-refractivity contribution in [1.82, 2.24) is 0 Å². The molecule has 0 N–H and O–H groups in total. The molecule has 3 aliphatic rings. The third-order valence-corrected chi connectivity index (χ3v) is 15.4. The Morgan fingerprint density at radius 1 is 0.338 bits per heavy atom. The first-order valence-electron chi connectivity index (χ1n) is 23.5. The molecule has 0 unspecified atom stereocenters. The van der Waals surface area contributed by atoms with Crippen molar-refractivity contribution in [2.75, 3.05) is 4.90 Å². The molecule has 10 aromatic rings. The number of anilines is 3. The molecule has 65 heavy (non-hydrogen) atoms. The third-order valence-electron chi connectivity index (χ3n) is 15.4. The first kappa shape index (κ1) is 38.0. The van der Waals surface area contributed by atoms with Crippen LogP contribution in [0.3, 0.4) is 0 Å². The normalized spacial score (nSPS) is 14.9. The predicted molar refractivity (Wildman–Crippen MR) is 275 cm³/mol. The van der Waals surface area contributed by atoms with E-state index in [0.29, 0.717) is 0 Å². The van der Waals surface area contributed by atoms with E-state index in [4.69, 9.17) is 0 Å². The van der Waals surface area contributed by atoms with Crippen LogP contribution in [0.2, 0.25) is 0 Å². The van der Waals surface area contributed by atoms with Crippen molar-refractivity contribution in [3.05, 3.63) is 235 Å². The summed E-state index contributed by atoms with van der Waals surface area (Å²) in [6.45, 7) is 4.77. The largest absolute Gasteiger partial charge is 0.310 e. The van der Waals surface area contributed by atoms with Crippen LogP contribution in [0.4, 0.5) is 17.1 Å². The second-order valence-electron chi connectivity index (χ2n) is 19.1. The number of fused-ring (bicyclic) bond motifs is 11. The summed E-state index contributed by atoms with van der Waals surface area (Å²) in [4.78, 5) is 2.48. The second kappa shape index (κ2) is 14.5. The minimum Gasteiger partial charge on any atom is -0.310 e. The van der Waals surface area contributed by atoms with Crippen molar-refractivity contribution in [1.29, 1.82) is 0 Å². The molecule has 13 rings (SSSR count). The molecule has 0 atom stereocenters. The highest BCUT2D eigenvalue weighted by Gasteiger charge is 2.45. The fourth-order valence-electron chi connectivity index (χ4n) is 12.5. The number of nitrogens with zero attached hydrogens (tertiary/aromatic N) is 1. The fourth-order valence-corrected chi connectivity index (χ4v) is 12.5. The Hall–Kier alpha value is -7.48. The molecule has 0 aliphatic heterocycles. The summed E-state index contributed by atoms with van der Waals surface area (Å²) in [5, 5.41) is 5.13. The zero-order chi connectivity index (χ0) is 43.3. The van der Waals surface area contributed by atoms with Gasteiger partial charge >= 0.3 is 0 Å². The molecule has 1 fully saturated rings. The van der Waals surface area contributed by atoms with Gasteiger partial charge in [-0.25, -0.2) is 0 Å². The maximum Gasteiger partial charge on any atom is 0.0465 e. The summed E-state index contributed by atoms with van der Waals surface area (Å²) in [6.07, 6.45) is 4.95. The first-order valence-corrected chi connectivity index (χ1v) is 23.5. The lowest BCUT2D eigenvalue weighted by Crippen LogP contribution is -2.21. The summed E-state index contributed by atoms with van der Waals surface area (Å²) in [5.74, 6) is 0. The Morgan fingerprint density at radius 3 is 1.58 bits per heavy atom. The van der Waals surface area contributed by atoms with Gasteiger partial charge in [-0.2, -0.15) is 0 Å². The zero-order valence-corrected chi connectivity index (χ0v) is 37.0. The van der Waals surface area contributed by atoms with Crippen LogP contribution in [0, 0.1) is 0 Å². The molecule has 1 nitrogen and oxygen atoms in total. The maximum atomic E-state index is 2.53. The average molecular weight is 832 g/mol. The van der Waals surface area contributed by atoms with E-state index in [-0.39, 0.29) is 10.8 Å². The monoisotopic (exact) mass is 831 g/mol. The lowest BCUT2D eigenvalue weighted by molar-refractivity contribution is 0.550. The van der Waals surface area contributed by atoms with Crippen LogP contribution < -0.4 is 4.90 Å². The summed E-state index contributed by atoms with van der Waals surface area (Å²) < 4.78 is 0. The topological polar surface area (TPSA) is 3.24 Å². The van der Waals surface area contributed by atoms with Gasteiger partial charge in [0.15, 0.2) is 0 Å². The van der Waals surface area contributed by atoms with Crippen LogP contribution in [-0.4, -0.2) is 0 Å². The van der Waals surface area contributed by atoms with E-state index in [2.05, 4.69) is 231 Å². The van der Waals surface area contributed by atoms with E-state index < -0.39 is 0 Å². The van der Waals surface area contributed by atoms with Crippen molar-refractivity contribution in [3.8, 4) is 55.6 Å². The van der Waals surface area contributed by atoms with Gasteiger partial charge in [-0.1, -0.05) is 203 Å². The SMILES string of the molecule is CC1(C)c2ccccc2-c2cccc(-c3ccccc3-c3ccc(N(c4ccc(-c5cccc6c5ccc5ccccc56)cc4)c4ccc5c(c4)C4(CCCC4)c4ccccc4-5)cc3)c21. The molecule has 1 heteroatoms. The third kappa shape index (κ3) is 5.71. The van der Waals surface area contributed by atoms with Gasteiger partial charge in [0, 0.05) is 27.9 Å². The van der Waals surface area contributed by atoms with Crippen LogP contribution >= 0.6 is 0 Å². The molecule has 1 saturated carbocycles. The number of hydrogen-bond acceptors (Lipinski definition) is 1. The number of rotatable bonds is 6. The minimum atomic E-state index is -0.105. The van der Waals surface area contributed by atoms with Gasteiger partial charge in [0.2, 0.25) is 0 Å². The Morgan fingerprint density at radius 2 is 0.846 bits per heavy atom. The van der Waals surface area contributed by atoms with Crippen molar-refractivity contribution in [3.63, 3.8) is 0 Å².